The van der Waals surface area contributed by atoms with E-state index < -0.39 is 0 Å². The van der Waals surface area contributed by atoms with Gasteiger partial charge < -0.3 is 15.2 Å². The SMILES string of the molecule is CCNCc1cncc(-c2ccc3[nH]nc(-c4ncc(C(=O)N(CC#N)Cc5cccnc5)[nH]4)c3c2)c1C. The van der Waals surface area contributed by atoms with Crippen molar-refractivity contribution in [3.05, 3.63) is 83.7 Å². The van der Waals surface area contributed by atoms with Crippen LogP contribution in [0, 0.1) is 18.3 Å². The second kappa shape index (κ2) is 11.0. The summed E-state index contributed by atoms with van der Waals surface area (Å²) in [6.07, 6.45) is 8.60. The third-order valence-electron chi connectivity index (χ3n) is 6.43. The van der Waals surface area contributed by atoms with Crippen LogP contribution in [0.3, 0.4) is 0 Å². The van der Waals surface area contributed by atoms with Crippen LogP contribution in [-0.2, 0) is 13.1 Å². The molecule has 1 aromatic carbocycles. The Kier molecular flexibility index (Phi) is 7.19. The predicted octanol–water partition coefficient (Wildman–Crippen LogP) is 3.99. The highest BCUT2D eigenvalue weighted by atomic mass is 16.2. The molecule has 0 aliphatic heterocycles. The number of fused-ring (bicyclic) bond motifs is 1. The summed E-state index contributed by atoms with van der Waals surface area (Å²) in [6, 6.07) is 11.8. The summed E-state index contributed by atoms with van der Waals surface area (Å²) < 4.78 is 0. The zero-order valence-electron chi connectivity index (χ0n) is 21.2. The molecule has 10 nitrogen and oxygen atoms in total. The van der Waals surface area contributed by atoms with Crippen molar-refractivity contribution in [1.29, 1.82) is 5.26 Å². The van der Waals surface area contributed by atoms with E-state index in [9.17, 15) is 10.1 Å². The number of nitrogens with zero attached hydrogens (tertiary/aromatic N) is 6. The first-order valence-corrected chi connectivity index (χ1v) is 12.3. The first-order valence-electron chi connectivity index (χ1n) is 12.3. The minimum Gasteiger partial charge on any atom is -0.333 e. The molecule has 5 aromatic rings. The Bertz CT molecular complexity index is 1610. The molecule has 0 bridgehead atoms. The number of aromatic amines is 2. The van der Waals surface area contributed by atoms with Crippen LogP contribution in [0.25, 0.3) is 33.5 Å². The van der Waals surface area contributed by atoms with Crippen LogP contribution in [0.2, 0.25) is 0 Å². The minimum absolute atomic E-state index is 0.0585. The molecule has 38 heavy (non-hydrogen) atoms. The van der Waals surface area contributed by atoms with Crippen molar-refractivity contribution in [2.24, 2.45) is 0 Å². The molecule has 3 N–H and O–H groups in total. The molecule has 1 amide bonds. The van der Waals surface area contributed by atoms with E-state index in [0.29, 0.717) is 11.5 Å². The lowest BCUT2D eigenvalue weighted by atomic mass is 9.98. The Balaban J connectivity index is 1.45. The van der Waals surface area contributed by atoms with E-state index in [1.165, 1.54) is 16.7 Å². The molecular weight excluding hydrogens is 478 g/mol. The van der Waals surface area contributed by atoms with Crippen molar-refractivity contribution in [3.8, 4) is 28.7 Å². The number of rotatable bonds is 9. The van der Waals surface area contributed by atoms with Crippen molar-refractivity contribution in [3.63, 3.8) is 0 Å². The second-order valence-electron chi connectivity index (χ2n) is 8.91. The van der Waals surface area contributed by atoms with Crippen LogP contribution in [0.1, 0.15) is 34.1 Å². The van der Waals surface area contributed by atoms with Crippen LogP contribution < -0.4 is 5.32 Å². The Morgan fingerprint density at radius 1 is 1.16 bits per heavy atom. The van der Waals surface area contributed by atoms with E-state index in [1.54, 1.807) is 18.5 Å². The fourth-order valence-electron chi connectivity index (χ4n) is 4.38. The number of H-pyrrole nitrogens is 2. The Morgan fingerprint density at radius 3 is 2.84 bits per heavy atom. The molecule has 0 aliphatic carbocycles. The smallest absolute Gasteiger partial charge is 0.273 e. The highest BCUT2D eigenvalue weighted by Gasteiger charge is 2.21. The van der Waals surface area contributed by atoms with E-state index >= 15 is 0 Å². The lowest BCUT2D eigenvalue weighted by molar-refractivity contribution is 0.0759. The van der Waals surface area contributed by atoms with Gasteiger partial charge in [0.15, 0.2) is 5.82 Å². The number of aromatic nitrogens is 6. The van der Waals surface area contributed by atoms with Gasteiger partial charge in [0.1, 0.15) is 17.9 Å². The van der Waals surface area contributed by atoms with Crippen molar-refractivity contribution in [2.45, 2.75) is 26.9 Å². The average Bonchev–Trinajstić information content (AvgIpc) is 3.59. The molecule has 0 fully saturated rings. The lowest BCUT2D eigenvalue weighted by Crippen LogP contribution is -2.31. The maximum atomic E-state index is 13.2. The van der Waals surface area contributed by atoms with Crippen molar-refractivity contribution in [2.75, 3.05) is 13.1 Å². The molecule has 0 radical (unpaired) electrons. The zero-order valence-corrected chi connectivity index (χ0v) is 21.2. The molecule has 190 valence electrons. The lowest BCUT2D eigenvalue weighted by Gasteiger charge is -2.18. The number of nitriles is 1. The van der Waals surface area contributed by atoms with Gasteiger partial charge in [0, 0.05) is 48.8 Å². The molecule has 0 spiro atoms. The third-order valence-corrected chi connectivity index (χ3v) is 6.43. The molecular formula is C28H27N9O. The van der Waals surface area contributed by atoms with Gasteiger partial charge in [-0.1, -0.05) is 19.1 Å². The fourth-order valence-corrected chi connectivity index (χ4v) is 4.38. The van der Waals surface area contributed by atoms with Gasteiger partial charge >= 0.3 is 0 Å². The molecule has 0 atom stereocenters. The van der Waals surface area contributed by atoms with Gasteiger partial charge in [-0.05, 0) is 53.9 Å². The van der Waals surface area contributed by atoms with Gasteiger partial charge in [0.25, 0.3) is 5.91 Å². The standard InChI is InChI=1S/C28H27N9O/c1-3-30-13-21-14-32-15-23(18(21)2)20-6-7-24-22(11-20)26(36-35-24)27-33-16-25(34-27)28(38)37(10-8-29)17-19-5-4-9-31-12-19/h4-7,9,11-12,14-16,30H,3,10,13,17H2,1-2H3,(H,33,34)(H,35,36). The van der Waals surface area contributed by atoms with Crippen molar-refractivity contribution >= 4 is 16.8 Å². The van der Waals surface area contributed by atoms with Gasteiger partial charge in [0.2, 0.25) is 0 Å². The Morgan fingerprint density at radius 2 is 2.05 bits per heavy atom. The van der Waals surface area contributed by atoms with E-state index in [0.717, 1.165) is 46.2 Å². The van der Waals surface area contributed by atoms with Crippen molar-refractivity contribution in [1.82, 2.24) is 40.3 Å². The summed E-state index contributed by atoms with van der Waals surface area (Å²) in [6.45, 7) is 6.04. The number of carbonyl (C=O) groups is 1. The molecule has 4 aromatic heterocycles. The van der Waals surface area contributed by atoms with E-state index in [1.807, 2.05) is 30.6 Å². The number of amides is 1. The number of benzene rings is 1. The number of imidazole rings is 1. The van der Waals surface area contributed by atoms with E-state index in [-0.39, 0.29) is 24.7 Å². The molecule has 0 unspecified atom stereocenters. The highest BCUT2D eigenvalue weighted by Crippen LogP contribution is 2.31. The molecule has 10 heteroatoms. The Hall–Kier alpha value is -4.88. The summed E-state index contributed by atoms with van der Waals surface area (Å²) >= 11 is 0. The summed E-state index contributed by atoms with van der Waals surface area (Å²) in [5.41, 5.74) is 6.96. The van der Waals surface area contributed by atoms with E-state index in [4.69, 9.17) is 0 Å². The van der Waals surface area contributed by atoms with Crippen LogP contribution in [0.5, 0.6) is 0 Å². The molecule has 5 rings (SSSR count). The molecule has 0 saturated carbocycles. The summed E-state index contributed by atoms with van der Waals surface area (Å²) in [4.78, 5) is 30.8. The quantitative estimate of drug-likeness (QED) is 0.257. The first kappa shape index (κ1) is 24.8. The monoisotopic (exact) mass is 505 g/mol. The highest BCUT2D eigenvalue weighted by molar-refractivity contribution is 5.96. The number of carbonyl (C=O) groups excluding carboxylic acids is 1. The number of hydrogen-bond acceptors (Lipinski definition) is 7. The van der Waals surface area contributed by atoms with Crippen LogP contribution in [0.15, 0.2) is 61.3 Å². The number of pyridine rings is 2. The van der Waals surface area contributed by atoms with Gasteiger partial charge in [0.05, 0.1) is 17.8 Å². The summed E-state index contributed by atoms with van der Waals surface area (Å²) in [7, 11) is 0. The molecule has 4 heterocycles. The summed E-state index contributed by atoms with van der Waals surface area (Å²) in [5, 5.41) is 21.0. The number of nitrogens with one attached hydrogen (secondary N) is 3. The topological polar surface area (TPSA) is 139 Å². The fraction of sp³-hybridized carbons (Fsp3) is 0.214. The third kappa shape index (κ3) is 5.00. The van der Waals surface area contributed by atoms with Crippen LogP contribution in [0.4, 0.5) is 0 Å². The van der Waals surface area contributed by atoms with E-state index in [2.05, 4.69) is 61.4 Å². The average molecular weight is 506 g/mol. The normalized spacial score (nSPS) is 11.0. The number of hydrogen-bond donors (Lipinski definition) is 3. The van der Waals surface area contributed by atoms with Gasteiger partial charge in [-0.25, -0.2) is 4.98 Å². The minimum atomic E-state index is -0.325. The second-order valence-corrected chi connectivity index (χ2v) is 8.91. The maximum absolute atomic E-state index is 13.2. The Labute approximate surface area is 219 Å². The first-order chi connectivity index (χ1) is 18.6. The van der Waals surface area contributed by atoms with Crippen molar-refractivity contribution < 1.29 is 4.79 Å². The van der Waals surface area contributed by atoms with Gasteiger partial charge in [-0.3, -0.25) is 19.9 Å². The van der Waals surface area contributed by atoms with Crippen LogP contribution in [-0.4, -0.2) is 54.0 Å². The van der Waals surface area contributed by atoms with Crippen LogP contribution >= 0.6 is 0 Å². The van der Waals surface area contributed by atoms with Gasteiger partial charge in [-0.2, -0.15) is 10.4 Å². The zero-order chi connectivity index (χ0) is 26.5. The summed E-state index contributed by atoms with van der Waals surface area (Å²) in [5.74, 6) is 0.139. The predicted molar refractivity (Wildman–Crippen MR) is 144 cm³/mol. The van der Waals surface area contributed by atoms with Gasteiger partial charge in [-0.15, -0.1) is 0 Å². The molecule has 0 saturated heterocycles. The maximum Gasteiger partial charge on any atom is 0.273 e. The largest absolute Gasteiger partial charge is 0.333 e. The molecule has 0 aliphatic rings.